The Bertz CT molecular complexity index is 305. The van der Waals surface area contributed by atoms with Gasteiger partial charge in [-0.15, -0.1) is 0 Å². The van der Waals surface area contributed by atoms with Gasteiger partial charge in [-0.1, -0.05) is 18.7 Å². The normalized spacial score (nSPS) is 10.2. The molecule has 70 valence electrons. The third-order valence-corrected chi connectivity index (χ3v) is 2.17. The molecule has 0 N–H and O–H groups in total. The first kappa shape index (κ1) is 10.3. The molecular weight excluding hydrogens is 228 g/mol. The molecule has 0 saturated heterocycles. The standard InChI is InChI=1S/C11H13BrO/c1-4-9-5-6-11(10(12)7-9)13-8(2)3/h4-8H,1H2,2-3H3. The minimum absolute atomic E-state index is 0.200. The molecule has 1 aromatic carbocycles. The second kappa shape index (κ2) is 4.47. The monoisotopic (exact) mass is 240 g/mol. The van der Waals surface area contributed by atoms with E-state index in [9.17, 15) is 0 Å². The van der Waals surface area contributed by atoms with Gasteiger partial charge in [0.1, 0.15) is 5.75 Å². The lowest BCUT2D eigenvalue weighted by atomic mass is 10.2. The zero-order valence-electron chi connectivity index (χ0n) is 7.88. The fraction of sp³-hybridized carbons (Fsp3) is 0.273. The molecule has 0 saturated carbocycles. The van der Waals surface area contributed by atoms with Gasteiger partial charge < -0.3 is 4.74 Å². The quantitative estimate of drug-likeness (QED) is 0.780. The third-order valence-electron chi connectivity index (χ3n) is 1.55. The van der Waals surface area contributed by atoms with Gasteiger partial charge in [0, 0.05) is 0 Å². The van der Waals surface area contributed by atoms with Crippen LogP contribution in [0, 0.1) is 0 Å². The van der Waals surface area contributed by atoms with Gasteiger partial charge in [-0.2, -0.15) is 0 Å². The highest BCUT2D eigenvalue weighted by Gasteiger charge is 2.02. The molecule has 0 spiro atoms. The summed E-state index contributed by atoms with van der Waals surface area (Å²) in [7, 11) is 0. The average molecular weight is 241 g/mol. The van der Waals surface area contributed by atoms with Crippen molar-refractivity contribution in [2.45, 2.75) is 20.0 Å². The number of hydrogen-bond acceptors (Lipinski definition) is 1. The van der Waals surface area contributed by atoms with Crippen LogP contribution in [-0.2, 0) is 0 Å². The van der Waals surface area contributed by atoms with E-state index in [2.05, 4.69) is 22.5 Å². The minimum atomic E-state index is 0.200. The topological polar surface area (TPSA) is 9.23 Å². The molecule has 1 rings (SSSR count). The smallest absolute Gasteiger partial charge is 0.133 e. The van der Waals surface area contributed by atoms with E-state index in [1.54, 1.807) is 0 Å². The van der Waals surface area contributed by atoms with E-state index < -0.39 is 0 Å². The average Bonchev–Trinajstić information content (AvgIpc) is 2.08. The van der Waals surface area contributed by atoms with Crippen LogP contribution in [0.15, 0.2) is 29.3 Å². The van der Waals surface area contributed by atoms with Crippen molar-refractivity contribution in [2.75, 3.05) is 0 Å². The Balaban J connectivity index is 2.91. The lowest BCUT2D eigenvalue weighted by Gasteiger charge is -2.11. The minimum Gasteiger partial charge on any atom is -0.490 e. The summed E-state index contributed by atoms with van der Waals surface area (Å²) in [6.45, 7) is 7.72. The van der Waals surface area contributed by atoms with Crippen LogP contribution in [0.3, 0.4) is 0 Å². The third kappa shape index (κ3) is 2.88. The van der Waals surface area contributed by atoms with Crippen LogP contribution in [0.5, 0.6) is 5.75 Å². The number of rotatable bonds is 3. The molecule has 0 amide bonds. The Morgan fingerprint density at radius 2 is 2.15 bits per heavy atom. The van der Waals surface area contributed by atoms with Crippen molar-refractivity contribution in [3.63, 3.8) is 0 Å². The summed E-state index contributed by atoms with van der Waals surface area (Å²) >= 11 is 3.44. The van der Waals surface area contributed by atoms with E-state index in [-0.39, 0.29) is 6.10 Å². The van der Waals surface area contributed by atoms with Crippen LogP contribution in [0.4, 0.5) is 0 Å². The lowest BCUT2D eigenvalue weighted by molar-refractivity contribution is 0.241. The maximum Gasteiger partial charge on any atom is 0.133 e. The highest BCUT2D eigenvalue weighted by molar-refractivity contribution is 9.10. The molecule has 0 aliphatic carbocycles. The van der Waals surface area contributed by atoms with E-state index in [1.807, 2.05) is 38.1 Å². The molecule has 0 unspecified atom stereocenters. The first-order chi connectivity index (χ1) is 6.13. The molecule has 0 aliphatic heterocycles. The Labute approximate surface area is 87.5 Å². The molecule has 1 aromatic rings. The number of ether oxygens (including phenoxy) is 1. The van der Waals surface area contributed by atoms with Crippen molar-refractivity contribution in [1.29, 1.82) is 0 Å². The van der Waals surface area contributed by atoms with Crippen molar-refractivity contribution in [2.24, 2.45) is 0 Å². The van der Waals surface area contributed by atoms with Crippen molar-refractivity contribution in [3.8, 4) is 5.75 Å². The maximum absolute atomic E-state index is 5.56. The van der Waals surface area contributed by atoms with E-state index >= 15 is 0 Å². The Morgan fingerprint density at radius 1 is 1.46 bits per heavy atom. The summed E-state index contributed by atoms with van der Waals surface area (Å²) in [6, 6.07) is 5.92. The fourth-order valence-corrected chi connectivity index (χ4v) is 1.48. The number of benzene rings is 1. The molecule has 0 atom stereocenters. The van der Waals surface area contributed by atoms with Crippen LogP contribution < -0.4 is 4.74 Å². The molecule has 0 fully saturated rings. The van der Waals surface area contributed by atoms with Gasteiger partial charge in [-0.25, -0.2) is 0 Å². The van der Waals surface area contributed by atoms with Crippen LogP contribution >= 0.6 is 15.9 Å². The molecule has 2 heteroatoms. The summed E-state index contributed by atoms with van der Waals surface area (Å²) in [5, 5.41) is 0. The van der Waals surface area contributed by atoms with E-state index in [0.717, 1.165) is 15.8 Å². The van der Waals surface area contributed by atoms with Gasteiger partial charge in [0.2, 0.25) is 0 Å². The van der Waals surface area contributed by atoms with Crippen LogP contribution in [0.1, 0.15) is 19.4 Å². The molecule has 0 radical (unpaired) electrons. The van der Waals surface area contributed by atoms with Crippen LogP contribution in [-0.4, -0.2) is 6.10 Å². The zero-order valence-corrected chi connectivity index (χ0v) is 9.47. The van der Waals surface area contributed by atoms with Crippen LogP contribution in [0.2, 0.25) is 0 Å². The van der Waals surface area contributed by atoms with Crippen molar-refractivity contribution >= 4 is 22.0 Å². The summed E-state index contributed by atoms with van der Waals surface area (Å²) < 4.78 is 6.53. The van der Waals surface area contributed by atoms with Crippen LogP contribution in [0.25, 0.3) is 6.08 Å². The van der Waals surface area contributed by atoms with Gasteiger partial charge in [0.05, 0.1) is 10.6 Å². The van der Waals surface area contributed by atoms with Crippen molar-refractivity contribution in [3.05, 3.63) is 34.8 Å². The lowest BCUT2D eigenvalue weighted by Crippen LogP contribution is -2.05. The van der Waals surface area contributed by atoms with E-state index in [4.69, 9.17) is 4.74 Å². The predicted molar refractivity (Wildman–Crippen MR) is 60.0 cm³/mol. The van der Waals surface area contributed by atoms with Crippen molar-refractivity contribution < 1.29 is 4.74 Å². The second-order valence-electron chi connectivity index (χ2n) is 3.06. The van der Waals surface area contributed by atoms with Gasteiger partial charge in [0.25, 0.3) is 0 Å². The molecule has 1 nitrogen and oxygen atoms in total. The Morgan fingerprint density at radius 3 is 2.62 bits per heavy atom. The summed E-state index contributed by atoms with van der Waals surface area (Å²) in [5.74, 6) is 0.876. The van der Waals surface area contributed by atoms with Gasteiger partial charge in [0.15, 0.2) is 0 Å². The largest absolute Gasteiger partial charge is 0.490 e. The highest BCUT2D eigenvalue weighted by Crippen LogP contribution is 2.27. The molecule has 0 aromatic heterocycles. The van der Waals surface area contributed by atoms with Crippen molar-refractivity contribution in [1.82, 2.24) is 0 Å². The Kier molecular flexibility index (Phi) is 3.55. The first-order valence-corrected chi connectivity index (χ1v) is 5.01. The van der Waals surface area contributed by atoms with Gasteiger partial charge in [-0.3, -0.25) is 0 Å². The van der Waals surface area contributed by atoms with E-state index in [0.29, 0.717) is 0 Å². The Hall–Kier alpha value is -0.760. The maximum atomic E-state index is 5.56. The molecular formula is C11H13BrO. The molecule has 0 heterocycles. The van der Waals surface area contributed by atoms with Gasteiger partial charge in [-0.05, 0) is 47.5 Å². The predicted octanol–water partition coefficient (Wildman–Crippen LogP) is 3.88. The number of hydrogen-bond donors (Lipinski definition) is 0. The molecule has 13 heavy (non-hydrogen) atoms. The SMILES string of the molecule is C=Cc1ccc(OC(C)C)c(Br)c1. The zero-order chi connectivity index (χ0) is 9.84. The number of halogens is 1. The first-order valence-electron chi connectivity index (χ1n) is 4.22. The molecule has 0 aliphatic rings. The highest BCUT2D eigenvalue weighted by atomic mass is 79.9. The molecule has 0 bridgehead atoms. The summed E-state index contributed by atoms with van der Waals surface area (Å²) in [4.78, 5) is 0. The van der Waals surface area contributed by atoms with E-state index in [1.165, 1.54) is 0 Å². The summed E-state index contributed by atoms with van der Waals surface area (Å²) in [6.07, 6.45) is 2.01. The fourth-order valence-electron chi connectivity index (χ4n) is 0.994. The summed E-state index contributed by atoms with van der Waals surface area (Å²) in [5.41, 5.74) is 1.09. The van der Waals surface area contributed by atoms with Gasteiger partial charge >= 0.3 is 0 Å². The second-order valence-corrected chi connectivity index (χ2v) is 3.91.